The van der Waals surface area contributed by atoms with Gasteiger partial charge in [0.05, 0.1) is 5.56 Å². The predicted molar refractivity (Wildman–Crippen MR) is 77.8 cm³/mol. The number of nitrogens with zero attached hydrogens (tertiary/aromatic N) is 1. The van der Waals surface area contributed by atoms with Gasteiger partial charge in [-0.25, -0.2) is 0 Å². The summed E-state index contributed by atoms with van der Waals surface area (Å²) < 4.78 is 0. The molecule has 2 aliphatic heterocycles. The van der Waals surface area contributed by atoms with Gasteiger partial charge >= 0.3 is 0 Å². The molecule has 2 N–H and O–H groups in total. The van der Waals surface area contributed by atoms with Crippen molar-refractivity contribution in [3.8, 4) is 0 Å². The fourth-order valence-corrected chi connectivity index (χ4v) is 3.18. The van der Waals surface area contributed by atoms with Gasteiger partial charge in [-0.15, -0.1) is 0 Å². The number of fused-ring (bicyclic) bond motifs is 1. The van der Waals surface area contributed by atoms with Crippen LogP contribution in [-0.4, -0.2) is 33.8 Å². The van der Waals surface area contributed by atoms with E-state index in [0.717, 1.165) is 5.56 Å². The fourth-order valence-electron chi connectivity index (χ4n) is 3.18. The Morgan fingerprint density at radius 3 is 2.64 bits per heavy atom. The summed E-state index contributed by atoms with van der Waals surface area (Å²) in [6.45, 7) is 3.95. The Morgan fingerprint density at radius 1 is 1.27 bits per heavy atom. The van der Waals surface area contributed by atoms with Crippen molar-refractivity contribution in [2.75, 3.05) is 0 Å². The molecule has 1 aromatic carbocycles. The summed E-state index contributed by atoms with van der Waals surface area (Å²) in [4.78, 5) is 37.2. The Balaban J connectivity index is 2.00. The van der Waals surface area contributed by atoms with Gasteiger partial charge in [0.1, 0.15) is 6.04 Å². The van der Waals surface area contributed by atoms with Crippen LogP contribution in [0.3, 0.4) is 0 Å². The molecule has 0 radical (unpaired) electrons. The van der Waals surface area contributed by atoms with E-state index in [9.17, 15) is 19.5 Å². The molecule has 22 heavy (non-hydrogen) atoms. The molecule has 2 heterocycles. The monoisotopic (exact) mass is 302 g/mol. The first kappa shape index (κ1) is 14.7. The van der Waals surface area contributed by atoms with E-state index in [1.807, 2.05) is 19.9 Å². The first-order valence-corrected chi connectivity index (χ1v) is 7.39. The molecule has 6 heteroatoms. The zero-order chi connectivity index (χ0) is 16.0. The second kappa shape index (κ2) is 5.21. The number of piperidine rings is 1. The lowest BCUT2D eigenvalue weighted by Crippen LogP contribution is -2.53. The molecular weight excluding hydrogens is 284 g/mol. The summed E-state index contributed by atoms with van der Waals surface area (Å²) >= 11 is 0. The number of imide groups is 1. The van der Waals surface area contributed by atoms with Crippen LogP contribution < -0.4 is 5.32 Å². The molecule has 2 aliphatic rings. The minimum Gasteiger partial charge on any atom is -0.369 e. The van der Waals surface area contributed by atoms with Gasteiger partial charge in [-0.3, -0.25) is 24.6 Å². The number of aliphatic hydroxyl groups is 1. The van der Waals surface area contributed by atoms with Crippen molar-refractivity contribution in [2.45, 2.75) is 44.9 Å². The molecule has 0 spiro atoms. The SMILES string of the molecule is CC(C)c1cccc2c1C(=O)N(C1CCC(=O)NC1=O)C2O. The van der Waals surface area contributed by atoms with Crippen LogP contribution in [0.15, 0.2) is 18.2 Å². The highest BCUT2D eigenvalue weighted by Gasteiger charge is 2.45. The molecule has 2 unspecified atom stereocenters. The van der Waals surface area contributed by atoms with Gasteiger partial charge in [0.15, 0.2) is 6.23 Å². The molecule has 0 bridgehead atoms. The smallest absolute Gasteiger partial charge is 0.257 e. The molecule has 0 aliphatic carbocycles. The Hall–Kier alpha value is -2.21. The lowest BCUT2D eigenvalue weighted by Gasteiger charge is -2.31. The molecule has 6 nitrogen and oxygen atoms in total. The van der Waals surface area contributed by atoms with Crippen molar-refractivity contribution < 1.29 is 19.5 Å². The molecule has 1 saturated heterocycles. The highest BCUT2D eigenvalue weighted by atomic mass is 16.3. The number of nitrogens with one attached hydrogen (secondary N) is 1. The maximum absolute atomic E-state index is 12.8. The average Bonchev–Trinajstić information content (AvgIpc) is 2.72. The number of aliphatic hydroxyl groups excluding tert-OH is 1. The second-order valence-corrected chi connectivity index (χ2v) is 6.02. The summed E-state index contributed by atoms with van der Waals surface area (Å²) in [5, 5.41) is 12.7. The van der Waals surface area contributed by atoms with E-state index in [2.05, 4.69) is 5.32 Å². The number of hydrogen-bond acceptors (Lipinski definition) is 4. The molecule has 3 amide bonds. The number of amides is 3. The standard InChI is InChI=1S/C16H18N2O4/c1-8(2)9-4-3-5-10-13(9)16(22)18(15(10)21)11-6-7-12(19)17-14(11)20/h3-5,8,11,15,21H,6-7H2,1-2H3,(H,17,19,20). The van der Waals surface area contributed by atoms with E-state index in [-0.39, 0.29) is 30.6 Å². The van der Waals surface area contributed by atoms with E-state index in [4.69, 9.17) is 0 Å². The van der Waals surface area contributed by atoms with E-state index in [0.29, 0.717) is 11.1 Å². The van der Waals surface area contributed by atoms with Gasteiger partial charge in [-0.2, -0.15) is 0 Å². The van der Waals surface area contributed by atoms with E-state index >= 15 is 0 Å². The molecule has 1 fully saturated rings. The molecule has 1 aromatic rings. The molecule has 116 valence electrons. The van der Waals surface area contributed by atoms with Gasteiger partial charge < -0.3 is 5.11 Å². The van der Waals surface area contributed by atoms with Crippen LogP contribution in [0, 0.1) is 0 Å². The number of carbonyl (C=O) groups excluding carboxylic acids is 3. The Kier molecular flexibility index (Phi) is 3.48. The third kappa shape index (κ3) is 2.11. The molecular formula is C16H18N2O4. The van der Waals surface area contributed by atoms with Crippen molar-refractivity contribution in [1.82, 2.24) is 10.2 Å². The molecule has 3 rings (SSSR count). The largest absolute Gasteiger partial charge is 0.369 e. The van der Waals surface area contributed by atoms with Gasteiger partial charge in [-0.1, -0.05) is 32.0 Å². The summed E-state index contributed by atoms with van der Waals surface area (Å²) in [7, 11) is 0. The zero-order valence-electron chi connectivity index (χ0n) is 12.5. The minimum atomic E-state index is -1.15. The lowest BCUT2D eigenvalue weighted by molar-refractivity contribution is -0.139. The average molecular weight is 302 g/mol. The third-order valence-electron chi connectivity index (χ3n) is 4.29. The van der Waals surface area contributed by atoms with Crippen LogP contribution in [0.4, 0.5) is 0 Å². The summed E-state index contributed by atoms with van der Waals surface area (Å²) in [6.07, 6.45) is -0.746. The summed E-state index contributed by atoms with van der Waals surface area (Å²) in [5.41, 5.74) is 1.87. The maximum Gasteiger partial charge on any atom is 0.257 e. The number of benzene rings is 1. The van der Waals surface area contributed by atoms with Gasteiger partial charge in [0.25, 0.3) is 5.91 Å². The van der Waals surface area contributed by atoms with Crippen LogP contribution in [0.5, 0.6) is 0 Å². The Labute approximate surface area is 128 Å². The van der Waals surface area contributed by atoms with E-state index in [1.165, 1.54) is 4.90 Å². The highest BCUT2D eigenvalue weighted by molar-refractivity contribution is 6.06. The van der Waals surface area contributed by atoms with Crippen molar-refractivity contribution >= 4 is 17.7 Å². The van der Waals surface area contributed by atoms with Crippen LogP contribution >= 0.6 is 0 Å². The third-order valence-corrected chi connectivity index (χ3v) is 4.29. The first-order chi connectivity index (χ1) is 10.4. The molecule has 0 saturated carbocycles. The zero-order valence-corrected chi connectivity index (χ0v) is 12.5. The lowest BCUT2D eigenvalue weighted by atomic mass is 9.94. The van der Waals surface area contributed by atoms with E-state index < -0.39 is 18.2 Å². The number of rotatable bonds is 2. The van der Waals surface area contributed by atoms with Crippen molar-refractivity contribution in [2.24, 2.45) is 0 Å². The Bertz CT molecular complexity index is 668. The van der Waals surface area contributed by atoms with Crippen LogP contribution in [0.2, 0.25) is 0 Å². The first-order valence-electron chi connectivity index (χ1n) is 7.39. The summed E-state index contributed by atoms with van der Waals surface area (Å²) in [5.74, 6) is -1.08. The topological polar surface area (TPSA) is 86.7 Å². The van der Waals surface area contributed by atoms with Crippen molar-refractivity contribution in [3.63, 3.8) is 0 Å². The quantitative estimate of drug-likeness (QED) is 0.800. The molecule has 0 aromatic heterocycles. The predicted octanol–water partition coefficient (Wildman–Crippen LogP) is 1.06. The van der Waals surface area contributed by atoms with Crippen LogP contribution in [0.1, 0.15) is 60.3 Å². The molecule has 2 atom stereocenters. The minimum absolute atomic E-state index is 0.132. The number of hydrogen-bond donors (Lipinski definition) is 2. The second-order valence-electron chi connectivity index (χ2n) is 6.02. The van der Waals surface area contributed by atoms with E-state index in [1.54, 1.807) is 12.1 Å². The number of carbonyl (C=O) groups is 3. The van der Waals surface area contributed by atoms with Gasteiger partial charge in [0, 0.05) is 12.0 Å². The van der Waals surface area contributed by atoms with Crippen LogP contribution in [0.25, 0.3) is 0 Å². The highest BCUT2D eigenvalue weighted by Crippen LogP contribution is 2.38. The normalized spacial score (nSPS) is 24.7. The van der Waals surface area contributed by atoms with Crippen molar-refractivity contribution in [3.05, 3.63) is 34.9 Å². The maximum atomic E-state index is 12.8. The fraction of sp³-hybridized carbons (Fsp3) is 0.438. The van der Waals surface area contributed by atoms with Gasteiger partial charge in [0.2, 0.25) is 11.8 Å². The Morgan fingerprint density at radius 2 is 2.00 bits per heavy atom. The van der Waals surface area contributed by atoms with Crippen LogP contribution in [-0.2, 0) is 9.59 Å². The van der Waals surface area contributed by atoms with Gasteiger partial charge in [-0.05, 0) is 17.9 Å². The summed E-state index contributed by atoms with van der Waals surface area (Å²) in [6, 6.07) is 4.56. The van der Waals surface area contributed by atoms with Crippen molar-refractivity contribution in [1.29, 1.82) is 0 Å².